The van der Waals surface area contributed by atoms with Crippen LogP contribution in [0.4, 0.5) is 17.6 Å². The number of rotatable bonds is 3. The van der Waals surface area contributed by atoms with Gasteiger partial charge in [0.25, 0.3) is 0 Å². The summed E-state index contributed by atoms with van der Waals surface area (Å²) in [4.78, 5) is 16.4. The van der Waals surface area contributed by atoms with Gasteiger partial charge >= 0.3 is 6.18 Å². The average molecular weight is 373 g/mol. The highest BCUT2D eigenvalue weighted by molar-refractivity contribution is 5.92. The molecule has 0 amide bonds. The molecule has 26 heavy (non-hydrogen) atoms. The van der Waals surface area contributed by atoms with Crippen molar-refractivity contribution in [3.63, 3.8) is 0 Å². The van der Waals surface area contributed by atoms with Crippen molar-refractivity contribution in [1.29, 1.82) is 0 Å². The number of carbonyl (C=O) groups excluding carboxylic acids is 1. The molecule has 6 N–H and O–H groups in total. The van der Waals surface area contributed by atoms with E-state index in [-0.39, 0.29) is 17.7 Å². The van der Waals surface area contributed by atoms with Crippen LogP contribution in [0.25, 0.3) is 5.57 Å². The fraction of sp³-hybridized carbons (Fsp3) is 0.312. The summed E-state index contributed by atoms with van der Waals surface area (Å²) in [7, 11) is 0. The van der Waals surface area contributed by atoms with Gasteiger partial charge in [-0.1, -0.05) is 11.6 Å². The second kappa shape index (κ2) is 8.97. The summed E-state index contributed by atoms with van der Waals surface area (Å²) < 4.78 is 44.5. The minimum absolute atomic E-state index is 0.0700. The average Bonchev–Trinajstić information content (AvgIpc) is 2.81. The Balaban J connectivity index is 0.000000487. The molecule has 0 unspecified atom stereocenters. The number of alkyl halides is 3. The molecule has 0 aliphatic heterocycles. The first kappa shape index (κ1) is 21.1. The van der Waals surface area contributed by atoms with Crippen LogP contribution in [0.15, 0.2) is 33.8 Å². The third-order valence-electron chi connectivity index (χ3n) is 3.38. The van der Waals surface area contributed by atoms with E-state index in [1.165, 1.54) is 17.2 Å². The van der Waals surface area contributed by atoms with Crippen LogP contribution in [0.5, 0.6) is 0 Å². The summed E-state index contributed by atoms with van der Waals surface area (Å²) in [5.41, 5.74) is 20.5. The molecule has 0 saturated heterocycles. The number of nitrogens with zero attached hydrogens (tertiary/aromatic N) is 2. The van der Waals surface area contributed by atoms with Crippen LogP contribution >= 0.6 is 0 Å². The van der Waals surface area contributed by atoms with Gasteiger partial charge in [-0.25, -0.2) is 4.39 Å². The lowest BCUT2D eigenvalue weighted by Gasteiger charge is -2.05. The monoisotopic (exact) mass is 373 g/mol. The summed E-state index contributed by atoms with van der Waals surface area (Å²) in [6, 6.07) is 4.89. The van der Waals surface area contributed by atoms with E-state index >= 15 is 0 Å². The first-order chi connectivity index (χ1) is 12.0. The topological polar surface area (TPSA) is 120 Å². The predicted octanol–water partition coefficient (Wildman–Crippen LogP) is 1.88. The Hall–Kier alpha value is -2.91. The van der Waals surface area contributed by atoms with Crippen molar-refractivity contribution in [2.24, 2.45) is 27.2 Å². The van der Waals surface area contributed by atoms with Crippen LogP contribution in [0.1, 0.15) is 24.5 Å². The third kappa shape index (κ3) is 6.91. The molecule has 10 heteroatoms. The largest absolute Gasteiger partial charge is 0.446 e. The zero-order chi connectivity index (χ0) is 19.9. The van der Waals surface area contributed by atoms with Crippen LogP contribution < -0.4 is 17.2 Å². The molecule has 2 rings (SSSR count). The molecule has 0 fully saturated rings. The molecule has 0 radical (unpaired) electrons. The number of fused-ring (bicyclic) bond motifs is 1. The maximum absolute atomic E-state index is 13.2. The molecule has 1 aliphatic carbocycles. The Labute approximate surface area is 147 Å². The second-order valence-corrected chi connectivity index (χ2v) is 5.42. The smallest absolute Gasteiger partial charge is 0.370 e. The predicted molar refractivity (Wildman–Crippen MR) is 91.7 cm³/mol. The van der Waals surface area contributed by atoms with Gasteiger partial charge in [-0.2, -0.15) is 18.2 Å². The van der Waals surface area contributed by atoms with Gasteiger partial charge in [-0.05, 0) is 48.6 Å². The minimum atomic E-state index is -4.64. The Bertz CT molecular complexity index is 749. The summed E-state index contributed by atoms with van der Waals surface area (Å²) in [6.07, 6.45) is -4.19. The number of aldehydes is 1. The van der Waals surface area contributed by atoms with Crippen molar-refractivity contribution in [3.05, 3.63) is 40.7 Å². The van der Waals surface area contributed by atoms with E-state index in [0.29, 0.717) is 6.54 Å². The summed E-state index contributed by atoms with van der Waals surface area (Å²) in [5, 5.41) is 0. The lowest BCUT2D eigenvalue weighted by molar-refractivity contribution is -0.156. The van der Waals surface area contributed by atoms with Gasteiger partial charge in [0.1, 0.15) is 5.82 Å². The number of nitrogens with two attached hydrogens (primary N) is 3. The summed E-state index contributed by atoms with van der Waals surface area (Å²) in [6.45, 7) is 2.54. The van der Waals surface area contributed by atoms with E-state index in [1.54, 1.807) is 6.07 Å². The number of hydrogen-bond donors (Lipinski definition) is 3. The van der Waals surface area contributed by atoms with Crippen molar-refractivity contribution in [3.8, 4) is 0 Å². The third-order valence-corrected chi connectivity index (χ3v) is 3.38. The molecule has 0 spiro atoms. The van der Waals surface area contributed by atoms with Crippen molar-refractivity contribution in [2.75, 3.05) is 6.54 Å². The molecule has 0 heterocycles. The van der Waals surface area contributed by atoms with E-state index < -0.39 is 12.5 Å². The van der Waals surface area contributed by atoms with E-state index in [0.717, 1.165) is 24.0 Å². The molecular weight excluding hydrogens is 354 g/mol. The number of aliphatic imine (C=N–C) groups is 2. The van der Waals surface area contributed by atoms with Crippen LogP contribution in [0.3, 0.4) is 0 Å². The number of benzene rings is 1. The number of hydrogen-bond acceptors (Lipinski definition) is 2. The summed E-state index contributed by atoms with van der Waals surface area (Å²) >= 11 is 0. The van der Waals surface area contributed by atoms with Gasteiger partial charge < -0.3 is 17.2 Å². The van der Waals surface area contributed by atoms with Crippen molar-refractivity contribution in [2.45, 2.75) is 25.9 Å². The molecule has 0 atom stereocenters. The molecule has 0 bridgehead atoms. The Kier molecular flexibility index (Phi) is 7.29. The maximum Gasteiger partial charge on any atom is 0.446 e. The first-order valence-electron chi connectivity index (χ1n) is 7.43. The van der Waals surface area contributed by atoms with Crippen molar-refractivity contribution < 1.29 is 22.4 Å². The van der Waals surface area contributed by atoms with Crippen molar-refractivity contribution in [1.82, 2.24) is 0 Å². The lowest BCUT2D eigenvalue weighted by Crippen LogP contribution is -2.26. The minimum Gasteiger partial charge on any atom is -0.370 e. The fourth-order valence-corrected chi connectivity index (χ4v) is 2.42. The quantitative estimate of drug-likeness (QED) is 0.324. The molecule has 1 aliphatic rings. The van der Waals surface area contributed by atoms with Gasteiger partial charge in [0, 0.05) is 6.54 Å². The van der Waals surface area contributed by atoms with Gasteiger partial charge in [0.15, 0.2) is 5.96 Å². The number of allylic oxidation sites excluding steroid dienone is 1. The highest BCUT2D eigenvalue weighted by Gasteiger charge is 2.24. The van der Waals surface area contributed by atoms with E-state index in [4.69, 9.17) is 22.0 Å². The van der Waals surface area contributed by atoms with Gasteiger partial charge in [0.05, 0.1) is 0 Å². The van der Waals surface area contributed by atoms with Crippen molar-refractivity contribution >= 4 is 23.8 Å². The Morgan fingerprint density at radius 1 is 1.27 bits per heavy atom. The lowest BCUT2D eigenvalue weighted by atomic mass is 10.0. The second-order valence-electron chi connectivity index (χ2n) is 5.42. The molecule has 142 valence electrons. The molecule has 1 aromatic carbocycles. The van der Waals surface area contributed by atoms with Gasteiger partial charge in [0.2, 0.25) is 12.2 Å². The molecule has 1 aromatic rings. The van der Waals surface area contributed by atoms with Crippen LogP contribution in [-0.4, -0.2) is 30.9 Å². The van der Waals surface area contributed by atoms with E-state index in [2.05, 4.69) is 16.9 Å². The molecule has 0 aromatic heterocycles. The molecule has 0 saturated carbocycles. The van der Waals surface area contributed by atoms with E-state index in [9.17, 15) is 17.6 Å². The Morgan fingerprint density at radius 2 is 1.88 bits per heavy atom. The summed E-state index contributed by atoms with van der Waals surface area (Å²) in [5.74, 6) is -0.239. The maximum atomic E-state index is 13.2. The van der Waals surface area contributed by atoms with Crippen LogP contribution in [0, 0.1) is 5.82 Å². The van der Waals surface area contributed by atoms with Crippen LogP contribution in [-0.2, 0) is 11.2 Å². The number of halogens is 4. The molecule has 6 nitrogen and oxygen atoms in total. The SMILES string of the molecule is CC1=C(CCN=C(N)N=C(N)N)c2ccc(F)cc2C1.O=CC(F)(F)F. The zero-order valence-electron chi connectivity index (χ0n) is 14.0. The standard InChI is InChI=1S/C14H18FN5.C2HF3O/c1-8-6-9-7-10(15)2-3-12(9)11(8)4-5-19-14(18)20-13(16)17;3-2(4,5)1-6/h2-3,7H,4-6H2,1H3,(H6,16,17,18,19,20);1H. The fourth-order valence-electron chi connectivity index (χ4n) is 2.42. The normalized spacial score (nSPS) is 13.7. The van der Waals surface area contributed by atoms with Gasteiger partial charge in [-0.3, -0.25) is 9.79 Å². The molecular formula is C16H19F4N5O. The van der Waals surface area contributed by atoms with Crippen LogP contribution in [0.2, 0.25) is 0 Å². The number of guanidine groups is 2. The first-order valence-corrected chi connectivity index (χ1v) is 7.43. The zero-order valence-corrected chi connectivity index (χ0v) is 14.0. The number of carbonyl (C=O) groups is 1. The van der Waals surface area contributed by atoms with Gasteiger partial charge in [-0.15, -0.1) is 0 Å². The highest BCUT2D eigenvalue weighted by Crippen LogP contribution is 2.35. The highest BCUT2D eigenvalue weighted by atomic mass is 19.4. The Morgan fingerprint density at radius 3 is 2.42 bits per heavy atom. The van der Waals surface area contributed by atoms with E-state index in [1.807, 2.05) is 6.07 Å².